The van der Waals surface area contributed by atoms with Gasteiger partial charge in [0.2, 0.25) is 0 Å². The number of hydrogen-bond donors (Lipinski definition) is 2. The van der Waals surface area contributed by atoms with Crippen molar-refractivity contribution in [2.24, 2.45) is 0 Å². The molecule has 0 spiro atoms. The molecule has 0 heterocycles. The smallest absolute Gasteiger partial charge is 0.302 e. The lowest BCUT2D eigenvalue weighted by Gasteiger charge is -1.96. The van der Waals surface area contributed by atoms with Crippen molar-refractivity contribution in [3.8, 4) is 0 Å². The summed E-state index contributed by atoms with van der Waals surface area (Å²) in [5.41, 5.74) is 5.59. The number of carbonyl (C=O) groups excluding carboxylic acids is 1. The molecule has 0 bridgehead atoms. The Kier molecular flexibility index (Phi) is 9.58. The molecule has 0 unspecified atom stereocenters. The van der Waals surface area contributed by atoms with E-state index in [1.165, 1.54) is 31.2 Å². The fourth-order valence-electron chi connectivity index (χ4n) is 0.878. The lowest BCUT2D eigenvalue weighted by Crippen LogP contribution is -1.98. The molecule has 1 aromatic carbocycles. The quantitative estimate of drug-likeness (QED) is 0.341. The van der Waals surface area contributed by atoms with Gasteiger partial charge in [0.05, 0.1) is 11.5 Å². The van der Waals surface area contributed by atoms with E-state index in [9.17, 15) is 13.2 Å². The minimum Gasteiger partial charge on any atom is -0.466 e. The largest absolute Gasteiger partial charge is 0.466 e. The van der Waals surface area contributed by atoms with Crippen LogP contribution in [0, 0.1) is 0 Å². The SMILES string of the molecule is CCOC(C)=O.Nc1cccc(S(=O)(=O)O)c1.[AlH3]. The molecule has 0 atom stereocenters. The first-order chi connectivity index (χ1) is 7.77. The van der Waals surface area contributed by atoms with Gasteiger partial charge in [-0.1, -0.05) is 6.07 Å². The Labute approximate surface area is 117 Å². The molecule has 0 amide bonds. The van der Waals surface area contributed by atoms with Crippen LogP contribution in [0.25, 0.3) is 0 Å². The Balaban J connectivity index is 0. The topological polar surface area (TPSA) is 107 Å². The summed E-state index contributed by atoms with van der Waals surface area (Å²) in [6, 6.07) is 5.45. The molecule has 1 aromatic rings. The van der Waals surface area contributed by atoms with Crippen LogP contribution in [0.3, 0.4) is 0 Å². The Morgan fingerprint density at radius 3 is 2.22 bits per heavy atom. The summed E-state index contributed by atoms with van der Waals surface area (Å²) in [5, 5.41) is 0. The molecule has 8 heteroatoms. The van der Waals surface area contributed by atoms with E-state index in [0.29, 0.717) is 12.3 Å². The van der Waals surface area contributed by atoms with Gasteiger partial charge < -0.3 is 10.5 Å². The third-order valence-corrected chi connectivity index (χ3v) is 2.35. The monoisotopic (exact) mass is 291 g/mol. The van der Waals surface area contributed by atoms with Crippen molar-refractivity contribution in [2.75, 3.05) is 12.3 Å². The molecule has 0 saturated carbocycles. The molecular formula is C10H18AlNO5S. The summed E-state index contributed by atoms with van der Waals surface area (Å²) in [6.45, 7) is 3.65. The Bertz CT molecular complexity index is 475. The van der Waals surface area contributed by atoms with Crippen LogP contribution in [0.2, 0.25) is 0 Å². The second kappa shape index (κ2) is 8.94. The van der Waals surface area contributed by atoms with E-state index in [1.807, 2.05) is 0 Å². The van der Waals surface area contributed by atoms with Crippen LogP contribution in [0.1, 0.15) is 13.8 Å². The maximum absolute atomic E-state index is 10.5. The van der Waals surface area contributed by atoms with Crippen molar-refractivity contribution >= 4 is 39.1 Å². The van der Waals surface area contributed by atoms with Gasteiger partial charge in [-0.15, -0.1) is 0 Å². The number of carbonyl (C=O) groups is 1. The van der Waals surface area contributed by atoms with Gasteiger partial charge in [-0.3, -0.25) is 9.35 Å². The third kappa shape index (κ3) is 9.01. The number of hydrogen-bond acceptors (Lipinski definition) is 5. The van der Waals surface area contributed by atoms with Gasteiger partial charge in [0, 0.05) is 12.6 Å². The summed E-state index contributed by atoms with van der Waals surface area (Å²) in [7, 11) is -4.11. The number of nitrogen functional groups attached to an aromatic ring is 1. The summed E-state index contributed by atoms with van der Waals surface area (Å²) < 4.78 is 33.9. The zero-order valence-electron chi connectivity index (χ0n) is 9.58. The van der Waals surface area contributed by atoms with Crippen LogP contribution in [0.4, 0.5) is 5.69 Å². The van der Waals surface area contributed by atoms with Crippen molar-refractivity contribution in [1.82, 2.24) is 0 Å². The normalized spacial score (nSPS) is 9.50. The van der Waals surface area contributed by atoms with E-state index in [0.717, 1.165) is 0 Å². The standard InChI is InChI=1S/C6H7NO3S.C4H8O2.Al.3H/c7-5-2-1-3-6(4-5)11(8,9)10;1-3-6-4(2)5;;;;/h1-4H,7H2,(H,8,9,10);3H2,1-2H3;;;;. The maximum atomic E-state index is 10.5. The second-order valence-corrected chi connectivity index (χ2v) is 4.39. The van der Waals surface area contributed by atoms with Gasteiger partial charge in [0.1, 0.15) is 0 Å². The summed E-state index contributed by atoms with van der Waals surface area (Å²) in [6.07, 6.45) is 0. The minimum absolute atomic E-state index is 0. The molecule has 3 N–H and O–H groups in total. The lowest BCUT2D eigenvalue weighted by atomic mass is 10.3. The van der Waals surface area contributed by atoms with Crippen molar-refractivity contribution < 1.29 is 22.5 Å². The Morgan fingerprint density at radius 2 is 2.00 bits per heavy atom. The first-order valence-electron chi connectivity index (χ1n) is 4.73. The molecule has 1 rings (SSSR count). The second-order valence-electron chi connectivity index (χ2n) is 2.97. The van der Waals surface area contributed by atoms with Gasteiger partial charge >= 0.3 is 5.97 Å². The van der Waals surface area contributed by atoms with Crippen LogP contribution < -0.4 is 5.73 Å². The van der Waals surface area contributed by atoms with Gasteiger partial charge in [-0.05, 0) is 25.1 Å². The number of nitrogens with two attached hydrogens (primary N) is 1. The van der Waals surface area contributed by atoms with E-state index < -0.39 is 10.1 Å². The molecule has 6 nitrogen and oxygen atoms in total. The number of rotatable bonds is 2. The van der Waals surface area contributed by atoms with Crippen LogP contribution in [-0.4, -0.2) is 42.9 Å². The summed E-state index contributed by atoms with van der Waals surface area (Å²) in [4.78, 5) is 9.64. The fraction of sp³-hybridized carbons (Fsp3) is 0.300. The summed E-state index contributed by atoms with van der Waals surface area (Å²) >= 11 is 0. The number of ether oxygens (including phenoxy) is 1. The average molecular weight is 291 g/mol. The molecule has 0 radical (unpaired) electrons. The van der Waals surface area contributed by atoms with Gasteiger partial charge in [-0.2, -0.15) is 8.42 Å². The molecule has 0 aliphatic heterocycles. The predicted octanol–water partition coefficient (Wildman–Crippen LogP) is -0.0990. The average Bonchev–Trinajstić information content (AvgIpc) is 2.17. The van der Waals surface area contributed by atoms with Crippen molar-refractivity contribution in [1.29, 1.82) is 0 Å². The van der Waals surface area contributed by atoms with Crippen LogP contribution in [-0.2, 0) is 19.6 Å². The van der Waals surface area contributed by atoms with E-state index in [-0.39, 0.29) is 28.2 Å². The van der Waals surface area contributed by atoms with E-state index >= 15 is 0 Å². The molecular weight excluding hydrogens is 273 g/mol. The van der Waals surface area contributed by atoms with Crippen molar-refractivity contribution in [3.63, 3.8) is 0 Å². The molecule has 102 valence electrons. The molecule has 18 heavy (non-hydrogen) atoms. The zero-order chi connectivity index (χ0) is 13.5. The van der Waals surface area contributed by atoms with Gasteiger partial charge in [-0.25, -0.2) is 0 Å². The van der Waals surface area contributed by atoms with Crippen LogP contribution in [0.5, 0.6) is 0 Å². The highest BCUT2D eigenvalue weighted by molar-refractivity contribution is 7.85. The van der Waals surface area contributed by atoms with Gasteiger partial charge in [0.25, 0.3) is 10.1 Å². The molecule has 0 fully saturated rings. The Hall–Kier alpha value is -1.07. The fourth-order valence-corrected chi connectivity index (χ4v) is 1.41. The zero-order valence-corrected chi connectivity index (χ0v) is 10.4. The highest BCUT2D eigenvalue weighted by Crippen LogP contribution is 2.11. The molecule has 0 saturated heterocycles. The molecule has 0 aliphatic rings. The summed E-state index contributed by atoms with van der Waals surface area (Å²) in [5.74, 6) is -0.211. The van der Waals surface area contributed by atoms with Gasteiger partial charge in [0.15, 0.2) is 17.4 Å². The van der Waals surface area contributed by atoms with Crippen LogP contribution >= 0.6 is 0 Å². The predicted molar refractivity (Wildman–Crippen MR) is 72.9 cm³/mol. The Morgan fingerprint density at radius 1 is 1.44 bits per heavy atom. The third-order valence-electron chi connectivity index (χ3n) is 1.50. The van der Waals surface area contributed by atoms with E-state index in [4.69, 9.17) is 10.3 Å². The molecule has 0 aromatic heterocycles. The van der Waals surface area contributed by atoms with E-state index in [1.54, 1.807) is 6.92 Å². The highest BCUT2D eigenvalue weighted by Gasteiger charge is 2.07. The van der Waals surface area contributed by atoms with E-state index in [2.05, 4.69) is 4.74 Å². The highest BCUT2D eigenvalue weighted by atomic mass is 32.2. The first kappa shape index (κ1) is 19.3. The maximum Gasteiger partial charge on any atom is 0.302 e. The van der Waals surface area contributed by atoms with Crippen molar-refractivity contribution in [3.05, 3.63) is 24.3 Å². The number of anilines is 1. The first-order valence-corrected chi connectivity index (χ1v) is 6.17. The van der Waals surface area contributed by atoms with Crippen LogP contribution in [0.15, 0.2) is 29.2 Å². The number of esters is 1. The number of benzene rings is 1. The van der Waals surface area contributed by atoms with Crippen molar-refractivity contribution in [2.45, 2.75) is 18.7 Å². The lowest BCUT2D eigenvalue weighted by molar-refractivity contribution is -0.140. The molecule has 0 aliphatic carbocycles. The minimum atomic E-state index is -4.11.